The summed E-state index contributed by atoms with van der Waals surface area (Å²) in [7, 11) is 0. The topological polar surface area (TPSA) is 127 Å². The Morgan fingerprint density at radius 3 is 2.35 bits per heavy atom. The first-order chi connectivity index (χ1) is 7.97. The number of aliphatic hydroxyl groups excluding tert-OH is 1. The number of aliphatic hydroxyl groups is 1. The number of nitro groups is 2. The third-order valence-electron chi connectivity index (χ3n) is 1.84. The standard InChI is InChI=1S/C8H8AsN2O6/c12-2-1-9-6-3-5(10(14)15)4-7(8(6)13)11(16)17/h3-4,12-13H,1-2H2. The summed E-state index contributed by atoms with van der Waals surface area (Å²) in [5.41, 5.74) is -1.11. The molecule has 8 nitrogen and oxygen atoms in total. The van der Waals surface area contributed by atoms with E-state index >= 15 is 0 Å². The van der Waals surface area contributed by atoms with Gasteiger partial charge < -0.3 is 0 Å². The molecule has 0 saturated carbocycles. The van der Waals surface area contributed by atoms with Crippen LogP contribution < -0.4 is 4.35 Å². The van der Waals surface area contributed by atoms with Crippen molar-refractivity contribution in [1.29, 1.82) is 0 Å². The van der Waals surface area contributed by atoms with Crippen LogP contribution >= 0.6 is 0 Å². The molecule has 0 amide bonds. The first-order valence-corrected chi connectivity index (χ1v) is 6.68. The van der Waals surface area contributed by atoms with Crippen LogP contribution in [0.4, 0.5) is 11.4 Å². The van der Waals surface area contributed by atoms with Crippen LogP contribution in [0.2, 0.25) is 5.21 Å². The molecule has 0 aliphatic carbocycles. The van der Waals surface area contributed by atoms with Gasteiger partial charge in [-0.2, -0.15) is 0 Å². The molecule has 0 atom stereocenters. The molecule has 1 radical (unpaired) electrons. The maximum atomic E-state index is 10.6. The second kappa shape index (κ2) is 5.60. The van der Waals surface area contributed by atoms with E-state index in [2.05, 4.69) is 0 Å². The Kier molecular flexibility index (Phi) is 4.42. The molecule has 2 N–H and O–H groups in total. The molecular formula is C8H8AsN2O6. The predicted octanol–water partition coefficient (Wildman–Crippen LogP) is -0.0513. The Labute approximate surface area is 102 Å². The van der Waals surface area contributed by atoms with Crippen LogP contribution in [0.25, 0.3) is 0 Å². The predicted molar refractivity (Wildman–Crippen MR) is 58.7 cm³/mol. The van der Waals surface area contributed by atoms with Crippen LogP contribution in [0.5, 0.6) is 5.75 Å². The number of phenolic OH excluding ortho intramolecular Hbond substituents is 1. The first-order valence-electron chi connectivity index (χ1n) is 4.41. The van der Waals surface area contributed by atoms with Gasteiger partial charge in [0.05, 0.1) is 0 Å². The van der Waals surface area contributed by atoms with E-state index in [1.165, 1.54) is 0 Å². The number of aromatic hydroxyl groups is 1. The van der Waals surface area contributed by atoms with Crippen molar-refractivity contribution in [3.8, 4) is 5.75 Å². The normalized spacial score (nSPS) is 10.9. The Balaban J connectivity index is 3.27. The molecule has 1 rings (SSSR count). The molecule has 0 aliphatic rings. The Bertz CT molecular complexity index is 464. The SMILES string of the molecule is O=[N+]([O-])c1cc([As]CCO)c(O)c([N+](=O)[O-])c1. The van der Waals surface area contributed by atoms with Crippen molar-refractivity contribution in [3.05, 3.63) is 32.4 Å². The second-order valence-electron chi connectivity index (χ2n) is 2.95. The molecule has 0 unspecified atom stereocenters. The number of hydrogen-bond donors (Lipinski definition) is 2. The van der Waals surface area contributed by atoms with Crippen molar-refractivity contribution in [2.24, 2.45) is 0 Å². The van der Waals surface area contributed by atoms with Crippen LogP contribution in [0.15, 0.2) is 12.1 Å². The molecular weight excluding hydrogens is 295 g/mol. The molecule has 1 aromatic carbocycles. The van der Waals surface area contributed by atoms with Crippen LogP contribution in [-0.4, -0.2) is 42.4 Å². The van der Waals surface area contributed by atoms with Gasteiger partial charge in [-0.3, -0.25) is 0 Å². The molecule has 1 aromatic rings. The average molecular weight is 303 g/mol. The van der Waals surface area contributed by atoms with Gasteiger partial charge in [-0.1, -0.05) is 0 Å². The zero-order valence-electron chi connectivity index (χ0n) is 8.44. The van der Waals surface area contributed by atoms with Crippen molar-refractivity contribution >= 4 is 31.5 Å². The van der Waals surface area contributed by atoms with Gasteiger partial charge in [0.2, 0.25) is 0 Å². The summed E-state index contributed by atoms with van der Waals surface area (Å²) >= 11 is -0.738. The van der Waals surface area contributed by atoms with Gasteiger partial charge >= 0.3 is 101 Å². The van der Waals surface area contributed by atoms with Crippen LogP contribution in [0, 0.1) is 20.2 Å². The van der Waals surface area contributed by atoms with Crippen molar-refractivity contribution in [3.63, 3.8) is 0 Å². The zero-order chi connectivity index (χ0) is 13.0. The third kappa shape index (κ3) is 3.15. The number of benzene rings is 1. The first kappa shape index (κ1) is 13.4. The number of rotatable bonds is 5. The van der Waals surface area contributed by atoms with E-state index < -0.39 is 42.7 Å². The molecule has 91 valence electrons. The summed E-state index contributed by atoms with van der Waals surface area (Å²) in [5, 5.41) is 39.8. The van der Waals surface area contributed by atoms with Gasteiger partial charge in [-0.25, -0.2) is 0 Å². The minimum atomic E-state index is -0.869. The summed E-state index contributed by atoms with van der Waals surface area (Å²) in [6.07, 6.45) is 0. The van der Waals surface area contributed by atoms with E-state index in [1.54, 1.807) is 0 Å². The average Bonchev–Trinajstić information content (AvgIpc) is 2.26. The molecule has 0 aliphatic heterocycles. The van der Waals surface area contributed by atoms with Gasteiger partial charge in [0.15, 0.2) is 0 Å². The Hall–Kier alpha value is -1.66. The molecule has 0 bridgehead atoms. The van der Waals surface area contributed by atoms with Crippen LogP contribution in [0.1, 0.15) is 0 Å². The third-order valence-corrected chi connectivity index (χ3v) is 4.16. The van der Waals surface area contributed by atoms with Crippen LogP contribution in [0.3, 0.4) is 0 Å². The number of nitrogens with zero attached hydrogens (tertiary/aromatic N) is 2. The second-order valence-corrected chi connectivity index (χ2v) is 5.56. The van der Waals surface area contributed by atoms with E-state index in [1.807, 2.05) is 0 Å². The van der Waals surface area contributed by atoms with E-state index in [4.69, 9.17) is 5.11 Å². The summed E-state index contributed by atoms with van der Waals surface area (Å²) in [4.78, 5) is 19.6. The summed E-state index contributed by atoms with van der Waals surface area (Å²) in [6.45, 7) is -0.129. The van der Waals surface area contributed by atoms with Crippen molar-refractivity contribution in [1.82, 2.24) is 0 Å². The number of phenols is 1. The fraction of sp³-hybridized carbons (Fsp3) is 0.250. The molecule has 17 heavy (non-hydrogen) atoms. The summed E-state index contributed by atoms with van der Waals surface area (Å²) in [6, 6.07) is 1.83. The Morgan fingerprint density at radius 1 is 1.24 bits per heavy atom. The fourth-order valence-electron chi connectivity index (χ4n) is 1.13. The molecule has 0 fully saturated rings. The summed E-state index contributed by atoms with van der Waals surface area (Å²) in [5.74, 6) is -0.547. The van der Waals surface area contributed by atoms with E-state index in [0.29, 0.717) is 5.21 Å². The van der Waals surface area contributed by atoms with E-state index in [9.17, 15) is 25.3 Å². The monoisotopic (exact) mass is 303 g/mol. The summed E-state index contributed by atoms with van der Waals surface area (Å²) < 4.78 is 0.177. The zero-order valence-corrected chi connectivity index (χ0v) is 10.3. The van der Waals surface area contributed by atoms with Gasteiger partial charge in [0.1, 0.15) is 0 Å². The fourth-order valence-corrected chi connectivity index (χ4v) is 2.86. The quantitative estimate of drug-likeness (QED) is 0.446. The van der Waals surface area contributed by atoms with Gasteiger partial charge in [0.25, 0.3) is 0 Å². The van der Waals surface area contributed by atoms with E-state index in [-0.39, 0.29) is 11.0 Å². The number of non-ortho nitro benzene ring substituents is 1. The maximum absolute atomic E-state index is 10.6. The molecule has 0 spiro atoms. The van der Waals surface area contributed by atoms with Gasteiger partial charge in [0, 0.05) is 0 Å². The molecule has 0 saturated heterocycles. The number of nitro benzene ring substituents is 2. The van der Waals surface area contributed by atoms with Crippen molar-refractivity contribution in [2.45, 2.75) is 5.21 Å². The van der Waals surface area contributed by atoms with Gasteiger partial charge in [-0.15, -0.1) is 0 Å². The molecule has 9 heteroatoms. The van der Waals surface area contributed by atoms with Crippen molar-refractivity contribution in [2.75, 3.05) is 6.61 Å². The van der Waals surface area contributed by atoms with Crippen molar-refractivity contribution < 1.29 is 20.1 Å². The molecule has 0 heterocycles. The molecule has 0 aromatic heterocycles. The van der Waals surface area contributed by atoms with Crippen LogP contribution in [-0.2, 0) is 0 Å². The van der Waals surface area contributed by atoms with E-state index in [0.717, 1.165) is 12.1 Å². The minimum absolute atomic E-state index is 0.129. The number of hydrogen-bond acceptors (Lipinski definition) is 6. The van der Waals surface area contributed by atoms with Gasteiger partial charge in [-0.05, 0) is 0 Å². The Morgan fingerprint density at radius 2 is 1.88 bits per heavy atom.